The second-order valence-corrected chi connectivity index (χ2v) is 5.46. The molecule has 0 aliphatic heterocycles. The SMILES string of the molecule is CC(NC(=O)N(C)CCCC(=O)O)C(C)(C)C. The van der Waals surface area contributed by atoms with Gasteiger partial charge in [-0.2, -0.15) is 0 Å². The monoisotopic (exact) mass is 244 g/mol. The van der Waals surface area contributed by atoms with Gasteiger partial charge in [0.15, 0.2) is 0 Å². The maximum Gasteiger partial charge on any atom is 0.317 e. The molecular formula is C12H24N2O3. The molecule has 0 bridgehead atoms. The van der Waals surface area contributed by atoms with Gasteiger partial charge in [0.1, 0.15) is 0 Å². The van der Waals surface area contributed by atoms with Crippen LogP contribution in [0.15, 0.2) is 0 Å². The summed E-state index contributed by atoms with van der Waals surface area (Å²) in [5, 5.41) is 11.4. The Kier molecular flexibility index (Phi) is 5.99. The van der Waals surface area contributed by atoms with Crippen molar-refractivity contribution in [3.8, 4) is 0 Å². The number of carbonyl (C=O) groups is 2. The standard InChI is InChI=1S/C12H24N2O3/c1-9(12(2,3)4)13-11(17)14(5)8-6-7-10(15)16/h9H,6-8H2,1-5H3,(H,13,17)(H,15,16). The molecule has 1 atom stereocenters. The predicted molar refractivity (Wildman–Crippen MR) is 66.9 cm³/mol. The Balaban J connectivity index is 4.02. The lowest BCUT2D eigenvalue weighted by Gasteiger charge is -2.30. The summed E-state index contributed by atoms with van der Waals surface area (Å²) in [4.78, 5) is 23.6. The molecule has 1 unspecified atom stereocenters. The van der Waals surface area contributed by atoms with Gasteiger partial charge in [-0.25, -0.2) is 4.79 Å². The predicted octanol–water partition coefficient (Wildman–Crippen LogP) is 1.93. The lowest BCUT2D eigenvalue weighted by Crippen LogP contribution is -2.47. The molecular weight excluding hydrogens is 220 g/mol. The van der Waals surface area contributed by atoms with Crippen LogP contribution in [0, 0.1) is 5.41 Å². The average molecular weight is 244 g/mol. The Bertz CT molecular complexity index is 271. The van der Waals surface area contributed by atoms with Gasteiger partial charge in [-0.15, -0.1) is 0 Å². The Labute approximate surface area is 103 Å². The van der Waals surface area contributed by atoms with Crippen molar-refractivity contribution in [2.24, 2.45) is 5.41 Å². The van der Waals surface area contributed by atoms with E-state index in [0.29, 0.717) is 13.0 Å². The molecule has 0 spiro atoms. The molecule has 0 radical (unpaired) electrons. The first-order valence-corrected chi connectivity index (χ1v) is 5.88. The van der Waals surface area contributed by atoms with E-state index in [2.05, 4.69) is 26.1 Å². The summed E-state index contributed by atoms with van der Waals surface area (Å²) in [5.74, 6) is -0.832. The highest BCUT2D eigenvalue weighted by Gasteiger charge is 2.22. The molecule has 0 saturated heterocycles. The minimum atomic E-state index is -0.832. The first-order valence-electron chi connectivity index (χ1n) is 5.88. The molecule has 17 heavy (non-hydrogen) atoms. The Morgan fingerprint density at radius 2 is 1.88 bits per heavy atom. The first-order chi connectivity index (χ1) is 7.64. The fraction of sp³-hybridized carbons (Fsp3) is 0.833. The fourth-order valence-electron chi connectivity index (χ4n) is 1.08. The van der Waals surface area contributed by atoms with Crippen molar-refractivity contribution < 1.29 is 14.7 Å². The topological polar surface area (TPSA) is 69.6 Å². The summed E-state index contributed by atoms with van der Waals surface area (Å²) in [6, 6.07) is -0.0882. The number of hydrogen-bond acceptors (Lipinski definition) is 2. The van der Waals surface area contributed by atoms with Gasteiger partial charge in [0, 0.05) is 26.1 Å². The Morgan fingerprint density at radius 1 is 1.35 bits per heavy atom. The zero-order valence-electron chi connectivity index (χ0n) is 11.4. The molecule has 0 aliphatic rings. The molecule has 2 amide bonds. The number of nitrogens with zero attached hydrogens (tertiary/aromatic N) is 1. The number of nitrogens with one attached hydrogen (secondary N) is 1. The molecule has 100 valence electrons. The maximum atomic E-state index is 11.7. The second kappa shape index (κ2) is 6.47. The third-order valence-electron chi connectivity index (χ3n) is 2.87. The van der Waals surface area contributed by atoms with Crippen molar-refractivity contribution in [1.82, 2.24) is 10.2 Å². The van der Waals surface area contributed by atoms with E-state index in [4.69, 9.17) is 5.11 Å². The zero-order chi connectivity index (χ0) is 13.6. The second-order valence-electron chi connectivity index (χ2n) is 5.46. The largest absolute Gasteiger partial charge is 0.481 e. The number of carboxylic acids is 1. The van der Waals surface area contributed by atoms with Crippen LogP contribution >= 0.6 is 0 Å². The smallest absolute Gasteiger partial charge is 0.317 e. The molecule has 0 fully saturated rings. The number of urea groups is 1. The highest BCUT2D eigenvalue weighted by atomic mass is 16.4. The van der Waals surface area contributed by atoms with Gasteiger partial charge in [-0.1, -0.05) is 20.8 Å². The third-order valence-corrected chi connectivity index (χ3v) is 2.87. The van der Waals surface area contributed by atoms with Gasteiger partial charge in [-0.3, -0.25) is 4.79 Å². The third kappa shape index (κ3) is 6.81. The van der Waals surface area contributed by atoms with Crippen LogP contribution in [-0.2, 0) is 4.79 Å². The Morgan fingerprint density at radius 3 is 2.29 bits per heavy atom. The molecule has 0 aromatic heterocycles. The summed E-state index contributed by atoms with van der Waals surface area (Å²) in [5.41, 5.74) is 0.0115. The van der Waals surface area contributed by atoms with E-state index in [1.165, 1.54) is 4.90 Å². The van der Waals surface area contributed by atoms with Gasteiger partial charge < -0.3 is 15.3 Å². The molecule has 5 nitrogen and oxygen atoms in total. The van der Waals surface area contributed by atoms with Crippen LogP contribution in [-0.4, -0.2) is 41.6 Å². The van der Waals surface area contributed by atoms with Gasteiger partial charge in [0.25, 0.3) is 0 Å². The van der Waals surface area contributed by atoms with Crippen LogP contribution in [0.25, 0.3) is 0 Å². The lowest BCUT2D eigenvalue weighted by molar-refractivity contribution is -0.137. The van der Waals surface area contributed by atoms with E-state index in [1.54, 1.807) is 7.05 Å². The molecule has 2 N–H and O–H groups in total. The van der Waals surface area contributed by atoms with Crippen molar-refractivity contribution >= 4 is 12.0 Å². The van der Waals surface area contributed by atoms with Gasteiger partial charge in [0.2, 0.25) is 0 Å². The first kappa shape index (κ1) is 15.7. The van der Waals surface area contributed by atoms with E-state index in [1.807, 2.05) is 6.92 Å². The highest BCUT2D eigenvalue weighted by Crippen LogP contribution is 2.18. The molecule has 5 heteroatoms. The van der Waals surface area contributed by atoms with Crippen LogP contribution in [0.1, 0.15) is 40.5 Å². The molecule has 0 aromatic carbocycles. The van der Waals surface area contributed by atoms with Crippen molar-refractivity contribution in [2.45, 2.75) is 46.6 Å². The summed E-state index contributed by atoms with van der Waals surface area (Å²) in [6.07, 6.45) is 0.565. The minimum absolute atomic E-state index is 0.0115. The normalized spacial score (nSPS) is 13.0. The number of aliphatic carboxylic acids is 1. The Hall–Kier alpha value is -1.26. The summed E-state index contributed by atoms with van der Waals surface area (Å²) < 4.78 is 0. The van der Waals surface area contributed by atoms with Crippen molar-refractivity contribution in [1.29, 1.82) is 0 Å². The van der Waals surface area contributed by atoms with E-state index >= 15 is 0 Å². The molecule has 0 heterocycles. The number of carbonyl (C=O) groups excluding carboxylic acids is 1. The number of amides is 2. The van der Waals surface area contributed by atoms with Crippen LogP contribution < -0.4 is 5.32 Å². The minimum Gasteiger partial charge on any atom is -0.481 e. The summed E-state index contributed by atoms with van der Waals surface area (Å²) in [7, 11) is 1.67. The van der Waals surface area contributed by atoms with Crippen molar-refractivity contribution in [2.75, 3.05) is 13.6 Å². The van der Waals surface area contributed by atoms with Gasteiger partial charge >= 0.3 is 12.0 Å². The molecule has 0 aliphatic carbocycles. The maximum absolute atomic E-state index is 11.7. The van der Waals surface area contributed by atoms with E-state index in [9.17, 15) is 9.59 Å². The van der Waals surface area contributed by atoms with E-state index in [0.717, 1.165) is 0 Å². The quantitative estimate of drug-likeness (QED) is 0.776. The molecule has 0 saturated carbocycles. The average Bonchev–Trinajstić information content (AvgIpc) is 2.15. The highest BCUT2D eigenvalue weighted by molar-refractivity contribution is 5.74. The van der Waals surface area contributed by atoms with E-state index in [-0.39, 0.29) is 23.9 Å². The van der Waals surface area contributed by atoms with Gasteiger partial charge in [-0.05, 0) is 18.8 Å². The van der Waals surface area contributed by atoms with Gasteiger partial charge in [0.05, 0.1) is 0 Å². The van der Waals surface area contributed by atoms with Crippen LogP contribution in [0.2, 0.25) is 0 Å². The van der Waals surface area contributed by atoms with Crippen LogP contribution in [0.4, 0.5) is 4.79 Å². The van der Waals surface area contributed by atoms with Crippen LogP contribution in [0.5, 0.6) is 0 Å². The fourth-order valence-corrected chi connectivity index (χ4v) is 1.08. The molecule has 0 aromatic rings. The van der Waals surface area contributed by atoms with E-state index < -0.39 is 5.97 Å². The van der Waals surface area contributed by atoms with Crippen molar-refractivity contribution in [3.63, 3.8) is 0 Å². The molecule has 0 rings (SSSR count). The lowest BCUT2D eigenvalue weighted by atomic mass is 9.88. The number of hydrogen-bond donors (Lipinski definition) is 2. The summed E-state index contributed by atoms with van der Waals surface area (Å²) in [6.45, 7) is 8.59. The van der Waals surface area contributed by atoms with Crippen molar-refractivity contribution in [3.05, 3.63) is 0 Å². The number of rotatable bonds is 5. The van der Waals surface area contributed by atoms with Crippen LogP contribution in [0.3, 0.4) is 0 Å². The zero-order valence-corrected chi connectivity index (χ0v) is 11.4. The summed E-state index contributed by atoms with van der Waals surface area (Å²) >= 11 is 0. The number of carboxylic acid groups (broad SMARTS) is 1.